The Morgan fingerprint density at radius 2 is 2.27 bits per heavy atom. The zero-order chi connectivity index (χ0) is 8.27. The number of pyridine rings is 1. The highest BCUT2D eigenvalue weighted by molar-refractivity contribution is 5.39. The van der Waals surface area contributed by atoms with E-state index >= 15 is 0 Å². The average Bonchev–Trinajstić information content (AvgIpc) is 2.05. The molecule has 0 radical (unpaired) electrons. The van der Waals surface area contributed by atoms with Gasteiger partial charge in [-0.05, 0) is 18.1 Å². The molecule has 1 rings (SSSR count). The fourth-order valence-electron chi connectivity index (χ4n) is 0.854. The van der Waals surface area contributed by atoms with Gasteiger partial charge in [-0.3, -0.25) is 0 Å². The minimum Gasteiger partial charge on any atom is -0.361 e. The molecular formula is C9H10N2. The van der Waals surface area contributed by atoms with Crippen molar-refractivity contribution in [3.05, 3.63) is 35.3 Å². The van der Waals surface area contributed by atoms with Crippen molar-refractivity contribution in [2.45, 2.75) is 19.8 Å². The van der Waals surface area contributed by atoms with E-state index in [-0.39, 0.29) is 0 Å². The fourth-order valence-corrected chi connectivity index (χ4v) is 0.854. The molecule has 0 bridgehead atoms. The minimum absolute atomic E-state index is 0.471. The molecule has 2 nitrogen and oxygen atoms in total. The molecule has 0 atom stereocenters. The molecule has 0 spiro atoms. The highest BCUT2D eigenvalue weighted by atomic mass is 14.8. The Kier molecular flexibility index (Phi) is 2.22. The van der Waals surface area contributed by atoms with Crippen LogP contribution in [-0.2, 0) is 0 Å². The molecule has 0 amide bonds. The molecule has 0 fully saturated rings. The van der Waals surface area contributed by atoms with Crippen LogP contribution in [0.5, 0.6) is 0 Å². The van der Waals surface area contributed by atoms with Gasteiger partial charge in [0.2, 0.25) is 0 Å². The molecule has 0 N–H and O–H groups in total. The molecule has 0 saturated heterocycles. The summed E-state index contributed by atoms with van der Waals surface area (Å²) in [5.74, 6) is 0.953. The van der Waals surface area contributed by atoms with E-state index in [9.17, 15) is 0 Å². The lowest BCUT2D eigenvalue weighted by atomic mass is 10.1. The fraction of sp³-hybridized carbons (Fsp3) is 0.333. The van der Waals surface area contributed by atoms with E-state index in [1.165, 1.54) is 5.56 Å². The highest BCUT2D eigenvalue weighted by Crippen LogP contribution is 2.17. The number of hydrogen-bond donors (Lipinski definition) is 0. The molecule has 1 heterocycles. The summed E-state index contributed by atoms with van der Waals surface area (Å²) in [6, 6.07) is 3.77. The molecule has 0 aliphatic carbocycles. The summed E-state index contributed by atoms with van der Waals surface area (Å²) in [5.41, 5.74) is 1.17. The average molecular weight is 146 g/mol. The first-order chi connectivity index (χ1) is 5.24. The van der Waals surface area contributed by atoms with E-state index in [2.05, 4.69) is 23.7 Å². The number of hydrogen-bond acceptors (Lipinski definition) is 1. The Balaban J connectivity index is 3.03. The highest BCUT2D eigenvalue weighted by Gasteiger charge is 1.99. The molecular weight excluding hydrogens is 136 g/mol. The van der Waals surface area contributed by atoms with E-state index in [0.29, 0.717) is 11.7 Å². The maximum absolute atomic E-state index is 6.74. The lowest BCUT2D eigenvalue weighted by Gasteiger charge is -2.02. The van der Waals surface area contributed by atoms with E-state index < -0.39 is 0 Å². The van der Waals surface area contributed by atoms with Gasteiger partial charge in [0.15, 0.2) is 0 Å². The van der Waals surface area contributed by atoms with Crippen molar-refractivity contribution in [1.29, 1.82) is 0 Å². The smallest absolute Gasteiger partial charge is 0.269 e. The maximum atomic E-state index is 6.74. The van der Waals surface area contributed by atoms with Crippen molar-refractivity contribution in [3.63, 3.8) is 0 Å². The molecule has 2 heteroatoms. The third-order valence-electron chi connectivity index (χ3n) is 1.55. The summed E-state index contributed by atoms with van der Waals surface area (Å²) in [5, 5.41) is 0. The van der Waals surface area contributed by atoms with E-state index in [4.69, 9.17) is 6.57 Å². The second-order valence-electron chi connectivity index (χ2n) is 2.71. The van der Waals surface area contributed by atoms with Gasteiger partial charge in [0.1, 0.15) is 6.20 Å². The Morgan fingerprint density at radius 1 is 1.55 bits per heavy atom. The largest absolute Gasteiger partial charge is 0.361 e. The van der Waals surface area contributed by atoms with Gasteiger partial charge in [-0.2, -0.15) is 0 Å². The zero-order valence-electron chi connectivity index (χ0n) is 6.70. The quantitative estimate of drug-likeness (QED) is 0.557. The minimum atomic E-state index is 0.471. The molecule has 11 heavy (non-hydrogen) atoms. The van der Waals surface area contributed by atoms with Gasteiger partial charge < -0.3 is 4.85 Å². The Hall–Kier alpha value is -1.36. The van der Waals surface area contributed by atoms with Crippen LogP contribution in [0.25, 0.3) is 4.85 Å². The van der Waals surface area contributed by atoms with Crippen molar-refractivity contribution in [2.75, 3.05) is 0 Å². The molecule has 0 aliphatic heterocycles. The summed E-state index contributed by atoms with van der Waals surface area (Å²) in [7, 11) is 0. The van der Waals surface area contributed by atoms with Gasteiger partial charge in [-0.15, -0.1) is 4.98 Å². The Labute approximate surface area is 66.7 Å². The van der Waals surface area contributed by atoms with Gasteiger partial charge in [0.25, 0.3) is 5.82 Å². The third kappa shape index (κ3) is 1.78. The first-order valence-corrected chi connectivity index (χ1v) is 3.57. The predicted octanol–water partition coefficient (Wildman–Crippen LogP) is 2.76. The second kappa shape index (κ2) is 3.16. The SMILES string of the molecule is [C-]#[N+]c1cc(C(C)C)ccn1. The van der Waals surface area contributed by atoms with Crippen LogP contribution in [0.15, 0.2) is 18.3 Å². The Morgan fingerprint density at radius 3 is 2.82 bits per heavy atom. The van der Waals surface area contributed by atoms with E-state index in [1.54, 1.807) is 6.20 Å². The van der Waals surface area contributed by atoms with Gasteiger partial charge in [-0.25, -0.2) is 0 Å². The predicted molar refractivity (Wildman–Crippen MR) is 44.6 cm³/mol. The second-order valence-corrected chi connectivity index (χ2v) is 2.71. The van der Waals surface area contributed by atoms with Crippen LogP contribution in [0.4, 0.5) is 5.82 Å². The normalized spacial score (nSPS) is 9.64. The molecule has 0 unspecified atom stereocenters. The van der Waals surface area contributed by atoms with Crippen LogP contribution < -0.4 is 0 Å². The lowest BCUT2D eigenvalue weighted by molar-refractivity contribution is 0.864. The molecule has 56 valence electrons. The summed E-state index contributed by atoms with van der Waals surface area (Å²) in [6.45, 7) is 10.9. The topological polar surface area (TPSA) is 17.2 Å². The Bertz CT molecular complexity index is 284. The van der Waals surface area contributed by atoms with Crippen molar-refractivity contribution in [2.24, 2.45) is 0 Å². The standard InChI is InChI=1S/C9H10N2/c1-7(2)8-4-5-11-9(6-8)10-3/h4-7H,1-2H3. The van der Waals surface area contributed by atoms with Crippen molar-refractivity contribution >= 4 is 5.82 Å². The molecule has 1 aromatic heterocycles. The summed E-state index contributed by atoms with van der Waals surface area (Å²) in [6.07, 6.45) is 1.68. The molecule has 0 aromatic carbocycles. The van der Waals surface area contributed by atoms with Crippen molar-refractivity contribution < 1.29 is 0 Å². The molecule has 1 aromatic rings. The van der Waals surface area contributed by atoms with Crippen LogP contribution in [0, 0.1) is 6.57 Å². The number of aromatic nitrogens is 1. The van der Waals surface area contributed by atoms with Crippen molar-refractivity contribution in [1.82, 2.24) is 4.98 Å². The molecule has 0 aliphatic rings. The van der Waals surface area contributed by atoms with Gasteiger partial charge >= 0.3 is 0 Å². The van der Waals surface area contributed by atoms with Crippen molar-refractivity contribution in [3.8, 4) is 0 Å². The van der Waals surface area contributed by atoms with Gasteiger partial charge in [0.05, 0.1) is 0 Å². The monoisotopic (exact) mass is 146 g/mol. The van der Waals surface area contributed by atoms with Gasteiger partial charge in [-0.1, -0.05) is 26.0 Å². The van der Waals surface area contributed by atoms with Crippen LogP contribution in [0.2, 0.25) is 0 Å². The van der Waals surface area contributed by atoms with E-state index in [0.717, 1.165) is 0 Å². The first kappa shape index (κ1) is 7.74. The van der Waals surface area contributed by atoms with Crippen LogP contribution in [0.3, 0.4) is 0 Å². The van der Waals surface area contributed by atoms with Crippen LogP contribution in [0.1, 0.15) is 25.3 Å². The summed E-state index contributed by atoms with van der Waals surface area (Å²) < 4.78 is 0. The van der Waals surface area contributed by atoms with Crippen LogP contribution in [-0.4, -0.2) is 4.98 Å². The number of nitrogens with zero attached hydrogens (tertiary/aromatic N) is 2. The lowest BCUT2D eigenvalue weighted by Crippen LogP contribution is -1.86. The summed E-state index contributed by atoms with van der Waals surface area (Å²) >= 11 is 0. The molecule has 0 saturated carbocycles. The third-order valence-corrected chi connectivity index (χ3v) is 1.55. The maximum Gasteiger partial charge on any atom is 0.269 e. The first-order valence-electron chi connectivity index (χ1n) is 3.57. The van der Waals surface area contributed by atoms with Gasteiger partial charge in [0, 0.05) is 0 Å². The van der Waals surface area contributed by atoms with Crippen LogP contribution >= 0.6 is 0 Å². The van der Waals surface area contributed by atoms with E-state index in [1.807, 2.05) is 12.1 Å². The number of rotatable bonds is 1. The summed E-state index contributed by atoms with van der Waals surface area (Å²) in [4.78, 5) is 7.14. The zero-order valence-corrected chi connectivity index (χ0v) is 6.70.